The number of aromatic nitrogens is 1. The Hall–Kier alpha value is -2.48. The van der Waals surface area contributed by atoms with Gasteiger partial charge in [-0.2, -0.15) is 0 Å². The summed E-state index contributed by atoms with van der Waals surface area (Å²) in [4.78, 5) is 11.6. The minimum atomic E-state index is -3.86. The molecule has 0 atom stereocenters. The number of carbonyl (C=O) groups is 1. The van der Waals surface area contributed by atoms with Gasteiger partial charge in [0, 0.05) is 13.2 Å². The van der Waals surface area contributed by atoms with E-state index in [1.165, 1.54) is 31.0 Å². The molecule has 0 saturated carbocycles. The monoisotopic (exact) mass is 338 g/mol. The normalized spacial score (nSPS) is 11.1. The Morgan fingerprint density at radius 2 is 1.91 bits per heavy atom. The number of aryl methyl sites for hydroxylation is 2. The number of carbonyl (C=O) groups excluding carboxylic acids is 1. The van der Waals surface area contributed by atoms with Crippen LogP contribution in [0.15, 0.2) is 35.4 Å². The summed E-state index contributed by atoms with van der Waals surface area (Å²) >= 11 is 0. The molecule has 0 aliphatic carbocycles. The van der Waals surface area contributed by atoms with E-state index in [9.17, 15) is 13.2 Å². The first-order valence-corrected chi connectivity index (χ1v) is 8.19. The number of hydrogen-bond donors (Lipinski definition) is 1. The van der Waals surface area contributed by atoms with Gasteiger partial charge in [-0.1, -0.05) is 6.07 Å². The van der Waals surface area contributed by atoms with Crippen molar-refractivity contribution in [3.8, 4) is 5.75 Å². The summed E-state index contributed by atoms with van der Waals surface area (Å²) in [5, 5.41) is 0. The fourth-order valence-corrected chi connectivity index (χ4v) is 3.22. The van der Waals surface area contributed by atoms with E-state index >= 15 is 0 Å². The molecule has 1 heterocycles. The van der Waals surface area contributed by atoms with Gasteiger partial charge in [0.05, 0.1) is 19.9 Å². The zero-order chi connectivity index (χ0) is 17.2. The first-order valence-electron chi connectivity index (χ1n) is 6.70. The van der Waals surface area contributed by atoms with Gasteiger partial charge in [0.1, 0.15) is 16.3 Å². The molecule has 0 unspecified atom stereocenters. The average Bonchev–Trinajstić information content (AvgIpc) is 2.89. The molecule has 2 rings (SSSR count). The van der Waals surface area contributed by atoms with Crippen LogP contribution in [0.5, 0.6) is 5.75 Å². The molecule has 0 bridgehead atoms. The van der Waals surface area contributed by atoms with Crippen LogP contribution in [-0.2, 0) is 21.8 Å². The maximum absolute atomic E-state index is 12.5. The third-order valence-electron chi connectivity index (χ3n) is 3.28. The largest absolute Gasteiger partial charge is 0.495 e. The van der Waals surface area contributed by atoms with Gasteiger partial charge in [0.25, 0.3) is 10.0 Å². The van der Waals surface area contributed by atoms with E-state index in [1.807, 2.05) is 13.0 Å². The molecule has 1 N–H and O–H groups in total. The second-order valence-corrected chi connectivity index (χ2v) is 6.66. The van der Waals surface area contributed by atoms with Crippen molar-refractivity contribution in [1.29, 1.82) is 0 Å². The highest BCUT2D eigenvalue weighted by Gasteiger charge is 2.22. The predicted molar refractivity (Wildman–Crippen MR) is 85.3 cm³/mol. The number of esters is 1. The molecule has 1 aromatic heterocycles. The van der Waals surface area contributed by atoms with Gasteiger partial charge in [-0.3, -0.25) is 4.72 Å². The van der Waals surface area contributed by atoms with Crippen LogP contribution in [0, 0.1) is 6.92 Å². The molecule has 2 aromatic rings. The topological polar surface area (TPSA) is 86.6 Å². The number of methoxy groups -OCH3 is 2. The van der Waals surface area contributed by atoms with Crippen molar-refractivity contribution >= 4 is 21.7 Å². The zero-order valence-electron chi connectivity index (χ0n) is 13.3. The number of anilines is 1. The molecule has 0 amide bonds. The molecule has 0 radical (unpaired) electrons. The SMILES string of the molecule is COC(=O)c1cc(S(=O)(=O)Nc2cc(C)ccc2OC)cn1C. The molecule has 0 aliphatic rings. The molecular formula is C15H18N2O5S. The Labute approximate surface area is 134 Å². The van der Waals surface area contributed by atoms with Crippen LogP contribution in [0.4, 0.5) is 5.69 Å². The van der Waals surface area contributed by atoms with E-state index in [0.717, 1.165) is 5.56 Å². The lowest BCUT2D eigenvalue weighted by Gasteiger charge is -2.11. The Morgan fingerprint density at radius 3 is 2.52 bits per heavy atom. The number of hydrogen-bond acceptors (Lipinski definition) is 5. The van der Waals surface area contributed by atoms with Crippen molar-refractivity contribution in [3.05, 3.63) is 41.7 Å². The Kier molecular flexibility index (Phi) is 4.65. The highest BCUT2D eigenvalue weighted by Crippen LogP contribution is 2.28. The van der Waals surface area contributed by atoms with Crippen LogP contribution >= 0.6 is 0 Å². The van der Waals surface area contributed by atoms with Crippen LogP contribution in [0.2, 0.25) is 0 Å². The van der Waals surface area contributed by atoms with Crippen molar-refractivity contribution in [3.63, 3.8) is 0 Å². The number of nitrogens with one attached hydrogen (secondary N) is 1. The van der Waals surface area contributed by atoms with E-state index < -0.39 is 16.0 Å². The van der Waals surface area contributed by atoms with Gasteiger partial charge in [-0.25, -0.2) is 13.2 Å². The lowest BCUT2D eigenvalue weighted by molar-refractivity contribution is 0.0590. The Morgan fingerprint density at radius 1 is 1.22 bits per heavy atom. The van der Waals surface area contributed by atoms with Gasteiger partial charge < -0.3 is 14.0 Å². The second-order valence-electron chi connectivity index (χ2n) is 4.97. The molecule has 0 spiro atoms. The minimum absolute atomic E-state index is 0.0380. The van der Waals surface area contributed by atoms with E-state index in [0.29, 0.717) is 11.4 Å². The van der Waals surface area contributed by atoms with Gasteiger partial charge in [-0.15, -0.1) is 0 Å². The van der Waals surface area contributed by atoms with Crippen LogP contribution < -0.4 is 9.46 Å². The third-order valence-corrected chi connectivity index (χ3v) is 4.62. The maximum atomic E-state index is 12.5. The summed E-state index contributed by atoms with van der Waals surface area (Å²) in [7, 11) is 0.397. The van der Waals surface area contributed by atoms with E-state index in [2.05, 4.69) is 9.46 Å². The van der Waals surface area contributed by atoms with Crippen LogP contribution in [0.25, 0.3) is 0 Å². The Balaban J connectivity index is 2.40. The van der Waals surface area contributed by atoms with E-state index in [4.69, 9.17) is 4.74 Å². The van der Waals surface area contributed by atoms with Crippen LogP contribution in [-0.4, -0.2) is 33.2 Å². The Bertz CT molecular complexity index is 840. The fraction of sp³-hybridized carbons (Fsp3) is 0.267. The molecule has 0 saturated heterocycles. The molecule has 0 fully saturated rings. The lowest BCUT2D eigenvalue weighted by Crippen LogP contribution is -2.13. The standard InChI is InChI=1S/C15H18N2O5S/c1-10-5-6-14(21-3)12(7-10)16-23(19,20)11-8-13(15(18)22-4)17(2)9-11/h5-9,16H,1-4H3. The number of benzene rings is 1. The van der Waals surface area contributed by atoms with Crippen molar-refractivity contribution in [2.24, 2.45) is 7.05 Å². The maximum Gasteiger partial charge on any atom is 0.354 e. The van der Waals surface area contributed by atoms with Gasteiger partial charge in [0.15, 0.2) is 0 Å². The number of sulfonamides is 1. The molecule has 1 aromatic carbocycles. The average molecular weight is 338 g/mol. The highest BCUT2D eigenvalue weighted by atomic mass is 32.2. The van der Waals surface area contributed by atoms with Crippen LogP contribution in [0.3, 0.4) is 0 Å². The van der Waals surface area contributed by atoms with Crippen LogP contribution in [0.1, 0.15) is 16.1 Å². The summed E-state index contributed by atoms with van der Waals surface area (Å²) in [5.41, 5.74) is 1.35. The molecular weight excluding hydrogens is 320 g/mol. The van der Waals surface area contributed by atoms with Crippen molar-refractivity contribution < 1.29 is 22.7 Å². The van der Waals surface area contributed by atoms with Crippen molar-refractivity contribution in [2.75, 3.05) is 18.9 Å². The van der Waals surface area contributed by atoms with Gasteiger partial charge in [-0.05, 0) is 30.7 Å². The molecule has 124 valence electrons. The lowest BCUT2D eigenvalue weighted by atomic mass is 10.2. The molecule has 23 heavy (non-hydrogen) atoms. The third kappa shape index (κ3) is 3.48. The number of ether oxygens (including phenoxy) is 2. The summed E-state index contributed by atoms with van der Waals surface area (Å²) in [6.45, 7) is 1.84. The fourth-order valence-electron chi connectivity index (χ4n) is 2.09. The highest BCUT2D eigenvalue weighted by molar-refractivity contribution is 7.92. The predicted octanol–water partition coefficient (Wildman–Crippen LogP) is 1.93. The summed E-state index contributed by atoms with van der Waals surface area (Å²) in [6.07, 6.45) is 1.34. The quantitative estimate of drug-likeness (QED) is 0.842. The summed E-state index contributed by atoms with van der Waals surface area (Å²) in [6, 6.07) is 6.42. The first-order chi connectivity index (χ1) is 10.8. The zero-order valence-corrected chi connectivity index (χ0v) is 14.1. The second kappa shape index (κ2) is 6.33. The molecule has 7 nitrogen and oxygen atoms in total. The number of nitrogens with zero attached hydrogens (tertiary/aromatic N) is 1. The molecule has 0 aliphatic heterocycles. The van der Waals surface area contributed by atoms with Crippen molar-refractivity contribution in [2.45, 2.75) is 11.8 Å². The summed E-state index contributed by atoms with van der Waals surface area (Å²) in [5.74, 6) is -0.203. The van der Waals surface area contributed by atoms with E-state index in [1.54, 1.807) is 19.2 Å². The smallest absolute Gasteiger partial charge is 0.354 e. The number of rotatable bonds is 5. The first kappa shape index (κ1) is 16.9. The van der Waals surface area contributed by atoms with E-state index in [-0.39, 0.29) is 10.6 Å². The van der Waals surface area contributed by atoms with Gasteiger partial charge >= 0.3 is 5.97 Å². The molecule has 8 heteroatoms. The van der Waals surface area contributed by atoms with Crippen molar-refractivity contribution in [1.82, 2.24) is 4.57 Å². The minimum Gasteiger partial charge on any atom is -0.495 e. The van der Waals surface area contributed by atoms with Gasteiger partial charge in [0.2, 0.25) is 0 Å². The summed E-state index contributed by atoms with van der Waals surface area (Å²) < 4.78 is 38.7.